The van der Waals surface area contributed by atoms with E-state index in [1.165, 1.54) is 0 Å². The van der Waals surface area contributed by atoms with Gasteiger partial charge in [-0.05, 0) is 20.3 Å². The molecular weight excluding hydrogens is 158 g/mol. The van der Waals surface area contributed by atoms with Crippen LogP contribution in [0.25, 0.3) is 0 Å². The highest BCUT2D eigenvalue weighted by molar-refractivity contribution is 4.37. The summed E-state index contributed by atoms with van der Waals surface area (Å²) in [5.74, 6) is 0. The first-order chi connectivity index (χ1) is 5.66. The third-order valence-electron chi connectivity index (χ3n) is 1.25. The monoisotopic (exact) mass is 177 g/mol. The van der Waals surface area contributed by atoms with Crippen molar-refractivity contribution in [1.82, 2.24) is 5.48 Å². The minimum absolute atomic E-state index is 0.276. The molecule has 0 bridgehead atoms. The molecule has 0 aliphatic carbocycles. The normalized spacial score (nSPS) is 16.0. The smallest absolute Gasteiger partial charge is 0.153 e. The molecule has 0 aromatic heterocycles. The Morgan fingerprint density at radius 1 is 1.42 bits per heavy atom. The lowest BCUT2D eigenvalue weighted by molar-refractivity contribution is -0.169. The fraction of sp³-hybridized carbons (Fsp3) is 1.00. The number of aliphatic hydroxyl groups is 1. The van der Waals surface area contributed by atoms with Crippen LogP contribution in [0.1, 0.15) is 33.6 Å². The number of nitrogens with one attached hydrogen (secondary N) is 1. The molecule has 0 heterocycles. The summed E-state index contributed by atoms with van der Waals surface area (Å²) >= 11 is 0. The molecule has 12 heavy (non-hydrogen) atoms. The Morgan fingerprint density at radius 3 is 2.58 bits per heavy atom. The highest BCUT2D eigenvalue weighted by Crippen LogP contribution is 1.92. The second-order valence-corrected chi connectivity index (χ2v) is 2.70. The SMILES string of the molecule is CCCCONC(C)OC(C)O. The average Bonchev–Trinajstić information content (AvgIpc) is 1.97. The Labute approximate surface area is 73.8 Å². The first-order valence-electron chi connectivity index (χ1n) is 4.37. The highest BCUT2D eigenvalue weighted by atomic mass is 16.7. The Bertz CT molecular complexity index is 98.3. The van der Waals surface area contributed by atoms with Gasteiger partial charge in [-0.1, -0.05) is 13.3 Å². The molecule has 74 valence electrons. The number of ether oxygens (including phenoxy) is 1. The van der Waals surface area contributed by atoms with Crippen molar-refractivity contribution in [2.75, 3.05) is 6.61 Å². The second-order valence-electron chi connectivity index (χ2n) is 2.70. The summed E-state index contributed by atoms with van der Waals surface area (Å²) in [6.07, 6.45) is 1.09. The summed E-state index contributed by atoms with van der Waals surface area (Å²) < 4.78 is 4.95. The van der Waals surface area contributed by atoms with Crippen molar-refractivity contribution in [3.8, 4) is 0 Å². The molecule has 0 fully saturated rings. The number of rotatable bonds is 7. The second kappa shape index (κ2) is 7.49. The maximum absolute atomic E-state index is 8.81. The average molecular weight is 177 g/mol. The van der Waals surface area contributed by atoms with Crippen LogP contribution in [0.2, 0.25) is 0 Å². The predicted octanol–water partition coefficient (Wildman–Crippen LogP) is 1.01. The predicted molar refractivity (Wildman–Crippen MR) is 46.2 cm³/mol. The number of unbranched alkanes of at least 4 members (excludes halogenated alkanes) is 1. The summed E-state index contributed by atoms with van der Waals surface area (Å²) in [4.78, 5) is 5.05. The van der Waals surface area contributed by atoms with E-state index in [0.717, 1.165) is 12.8 Å². The third kappa shape index (κ3) is 7.94. The Morgan fingerprint density at radius 2 is 2.08 bits per heavy atom. The highest BCUT2D eigenvalue weighted by Gasteiger charge is 2.03. The van der Waals surface area contributed by atoms with Crippen LogP contribution < -0.4 is 5.48 Å². The first kappa shape index (κ1) is 11.8. The zero-order valence-electron chi connectivity index (χ0n) is 8.04. The molecule has 0 aromatic carbocycles. The lowest BCUT2D eigenvalue weighted by Gasteiger charge is -2.16. The van der Waals surface area contributed by atoms with E-state index in [2.05, 4.69) is 12.4 Å². The van der Waals surface area contributed by atoms with Gasteiger partial charge in [0.1, 0.15) is 6.23 Å². The molecular formula is C8H19NO3. The van der Waals surface area contributed by atoms with Crippen molar-refractivity contribution in [3.63, 3.8) is 0 Å². The van der Waals surface area contributed by atoms with E-state index >= 15 is 0 Å². The van der Waals surface area contributed by atoms with E-state index in [-0.39, 0.29) is 6.23 Å². The van der Waals surface area contributed by atoms with Crippen LogP contribution in [0.5, 0.6) is 0 Å². The number of hydrogen-bond donors (Lipinski definition) is 2. The molecule has 2 unspecified atom stereocenters. The fourth-order valence-electron chi connectivity index (χ4n) is 0.716. The standard InChI is InChI=1S/C8H19NO3/c1-4-5-6-11-9-7(2)12-8(3)10/h7-10H,4-6H2,1-3H3. The van der Waals surface area contributed by atoms with E-state index < -0.39 is 6.29 Å². The molecule has 0 amide bonds. The van der Waals surface area contributed by atoms with Crippen molar-refractivity contribution in [2.24, 2.45) is 0 Å². The zero-order valence-corrected chi connectivity index (χ0v) is 8.04. The van der Waals surface area contributed by atoms with Crippen LogP contribution in [-0.2, 0) is 9.57 Å². The van der Waals surface area contributed by atoms with Gasteiger partial charge in [-0.3, -0.25) is 4.84 Å². The van der Waals surface area contributed by atoms with E-state index in [1.807, 2.05) is 0 Å². The maximum Gasteiger partial charge on any atom is 0.153 e. The lowest BCUT2D eigenvalue weighted by Crippen LogP contribution is -2.32. The summed E-state index contributed by atoms with van der Waals surface area (Å²) in [5.41, 5.74) is 2.67. The van der Waals surface area contributed by atoms with Crippen molar-refractivity contribution in [3.05, 3.63) is 0 Å². The van der Waals surface area contributed by atoms with Crippen LogP contribution >= 0.6 is 0 Å². The molecule has 4 nitrogen and oxygen atoms in total. The maximum atomic E-state index is 8.81. The zero-order chi connectivity index (χ0) is 9.40. The summed E-state index contributed by atoms with van der Waals surface area (Å²) in [6, 6.07) is 0. The van der Waals surface area contributed by atoms with E-state index in [4.69, 9.17) is 14.7 Å². The molecule has 0 aliphatic rings. The van der Waals surface area contributed by atoms with Gasteiger partial charge in [0.25, 0.3) is 0 Å². The molecule has 0 saturated heterocycles. The van der Waals surface area contributed by atoms with Crippen molar-refractivity contribution < 1.29 is 14.7 Å². The molecule has 0 rings (SSSR count). The quantitative estimate of drug-likeness (QED) is 0.346. The van der Waals surface area contributed by atoms with Crippen LogP contribution in [0.3, 0.4) is 0 Å². The molecule has 2 N–H and O–H groups in total. The van der Waals surface area contributed by atoms with Gasteiger partial charge >= 0.3 is 0 Å². The molecule has 0 saturated carbocycles. The van der Waals surface area contributed by atoms with Crippen LogP contribution in [0.4, 0.5) is 0 Å². The van der Waals surface area contributed by atoms with Crippen molar-refractivity contribution in [1.29, 1.82) is 0 Å². The lowest BCUT2D eigenvalue weighted by atomic mass is 10.4. The van der Waals surface area contributed by atoms with E-state index in [9.17, 15) is 0 Å². The minimum atomic E-state index is -0.762. The number of hydroxylamine groups is 1. The van der Waals surface area contributed by atoms with Crippen LogP contribution in [-0.4, -0.2) is 24.2 Å². The van der Waals surface area contributed by atoms with Gasteiger partial charge < -0.3 is 9.84 Å². The Hall–Kier alpha value is -0.160. The molecule has 0 radical (unpaired) electrons. The summed E-state index contributed by atoms with van der Waals surface area (Å²) in [7, 11) is 0. The van der Waals surface area contributed by atoms with Gasteiger partial charge in [-0.25, -0.2) is 0 Å². The molecule has 2 atom stereocenters. The van der Waals surface area contributed by atoms with Gasteiger partial charge in [-0.15, -0.1) is 0 Å². The number of aliphatic hydroxyl groups excluding tert-OH is 1. The van der Waals surface area contributed by atoms with Gasteiger partial charge in [0.05, 0.1) is 6.61 Å². The summed E-state index contributed by atoms with van der Waals surface area (Å²) in [5, 5.41) is 8.81. The van der Waals surface area contributed by atoms with Gasteiger partial charge in [0.15, 0.2) is 6.29 Å². The van der Waals surface area contributed by atoms with Gasteiger partial charge in [0, 0.05) is 0 Å². The fourth-order valence-corrected chi connectivity index (χ4v) is 0.716. The van der Waals surface area contributed by atoms with E-state index in [1.54, 1.807) is 13.8 Å². The van der Waals surface area contributed by atoms with Gasteiger partial charge in [0.2, 0.25) is 0 Å². The third-order valence-corrected chi connectivity index (χ3v) is 1.25. The molecule has 0 spiro atoms. The number of hydrogen-bond acceptors (Lipinski definition) is 4. The van der Waals surface area contributed by atoms with Crippen LogP contribution in [0, 0.1) is 0 Å². The van der Waals surface area contributed by atoms with Crippen LogP contribution in [0.15, 0.2) is 0 Å². The van der Waals surface area contributed by atoms with Crippen molar-refractivity contribution in [2.45, 2.75) is 46.1 Å². The first-order valence-corrected chi connectivity index (χ1v) is 4.37. The largest absolute Gasteiger partial charge is 0.368 e. The Balaban J connectivity index is 3.14. The summed E-state index contributed by atoms with van der Waals surface area (Å²) in [6.45, 7) is 6.10. The van der Waals surface area contributed by atoms with E-state index in [0.29, 0.717) is 6.61 Å². The topological polar surface area (TPSA) is 50.7 Å². The Kier molecular flexibility index (Phi) is 7.39. The minimum Gasteiger partial charge on any atom is -0.368 e. The van der Waals surface area contributed by atoms with Gasteiger partial charge in [-0.2, -0.15) is 5.48 Å². The molecule has 0 aliphatic heterocycles. The molecule has 4 heteroatoms. The molecule has 0 aromatic rings. The van der Waals surface area contributed by atoms with Crippen molar-refractivity contribution >= 4 is 0 Å².